The fraction of sp³-hybridized carbons (Fsp3) is 1.00. The largest absolute Gasteiger partial charge is 0.397 e. The minimum Gasteiger partial charge on any atom is -0.394 e. The molecule has 1 heterocycles. The summed E-state index contributed by atoms with van der Waals surface area (Å²) in [6, 6.07) is 0. The Bertz CT molecular complexity index is 343. The average Bonchev–Trinajstić information content (AvgIpc) is 2.29. The molecule has 0 aliphatic carbocycles. The summed E-state index contributed by atoms with van der Waals surface area (Å²) in [6.07, 6.45) is -8.53. The van der Waals surface area contributed by atoms with Gasteiger partial charge in [0.25, 0.3) is 0 Å². The fourth-order valence-corrected chi connectivity index (χ4v) is 1.83. The number of aliphatic hydroxyl groups excluding tert-OH is 4. The van der Waals surface area contributed by atoms with Crippen LogP contribution in [0.15, 0.2) is 0 Å². The normalized spacial score (nSPS) is 41.8. The molecule has 16 heavy (non-hydrogen) atoms. The summed E-state index contributed by atoms with van der Waals surface area (Å²) in [4.78, 5) is 0. The van der Waals surface area contributed by atoms with Gasteiger partial charge in [-0.2, -0.15) is 8.42 Å². The Morgan fingerprint density at radius 2 is 1.94 bits per heavy atom. The van der Waals surface area contributed by atoms with Gasteiger partial charge in [0.2, 0.25) is 1.43 Å². The summed E-state index contributed by atoms with van der Waals surface area (Å²) < 4.78 is 40.0. The molecule has 1 unspecified atom stereocenters. The maximum atomic E-state index is 10.8. The highest BCUT2D eigenvalue weighted by atomic mass is 32.3. The van der Waals surface area contributed by atoms with Crippen LogP contribution in [-0.2, 0) is 19.3 Å². The van der Waals surface area contributed by atoms with E-state index in [2.05, 4.69) is 13.5 Å². The van der Waals surface area contributed by atoms with Gasteiger partial charge in [0.15, 0.2) is 6.29 Å². The Hall–Kier alpha value is -0.330. The molecule has 0 spiro atoms. The van der Waals surface area contributed by atoms with Gasteiger partial charge in [0, 0.05) is 0 Å². The van der Waals surface area contributed by atoms with E-state index in [4.69, 9.17) is 11.6 Å². The van der Waals surface area contributed by atoms with Crippen LogP contribution in [0.2, 0.25) is 0 Å². The van der Waals surface area contributed by atoms with Crippen LogP contribution >= 0.6 is 0 Å². The lowest BCUT2D eigenvalue weighted by atomic mass is 9.99. The highest BCUT2D eigenvalue weighted by molar-refractivity contribution is 7.80. The van der Waals surface area contributed by atoms with Crippen molar-refractivity contribution in [2.75, 3.05) is 6.61 Å². The van der Waals surface area contributed by atoms with E-state index in [1.54, 1.807) is 0 Å². The molecule has 1 aliphatic rings. The molecule has 1 saturated heterocycles. The average molecular weight is 261 g/mol. The van der Waals surface area contributed by atoms with Crippen LogP contribution < -0.4 is 0 Å². The molecule has 5 atom stereocenters. The maximum Gasteiger partial charge on any atom is 0.397 e. The van der Waals surface area contributed by atoms with E-state index in [0.717, 1.165) is 0 Å². The smallest absolute Gasteiger partial charge is 0.394 e. The summed E-state index contributed by atoms with van der Waals surface area (Å²) >= 11 is 0. The van der Waals surface area contributed by atoms with Crippen molar-refractivity contribution in [3.05, 3.63) is 0 Å². The molecule has 1 aliphatic heterocycles. The monoisotopic (exact) mass is 261 g/mol. The Balaban J connectivity index is 2.86. The van der Waals surface area contributed by atoms with Gasteiger partial charge in [-0.3, -0.25) is 4.56 Å². The van der Waals surface area contributed by atoms with E-state index < -0.39 is 47.7 Å². The lowest BCUT2D eigenvalue weighted by molar-refractivity contribution is -0.282. The maximum absolute atomic E-state index is 10.8. The topological polar surface area (TPSA) is 154 Å². The standard InChI is InChI=1S/C6H12O9S/c7-1-2-5(15-16(11,12)13)3(8)4(9)6(10)14-2/h2-10H,1H2,(H,11,12,13)/t2-,3-,4-,5-,6?/m1/s1/i/hD. The van der Waals surface area contributed by atoms with Gasteiger partial charge < -0.3 is 25.2 Å². The molecule has 0 aromatic carbocycles. The van der Waals surface area contributed by atoms with Crippen molar-refractivity contribution in [2.24, 2.45) is 0 Å². The van der Waals surface area contributed by atoms with Gasteiger partial charge in [-0.1, -0.05) is 0 Å². The van der Waals surface area contributed by atoms with E-state index >= 15 is 0 Å². The van der Waals surface area contributed by atoms with Crippen molar-refractivity contribution in [1.82, 2.24) is 0 Å². The molecule has 0 saturated carbocycles. The van der Waals surface area contributed by atoms with Crippen molar-refractivity contribution in [3.63, 3.8) is 0 Å². The predicted octanol–water partition coefficient (Wildman–Crippen LogP) is -3.39. The second-order valence-corrected chi connectivity index (χ2v) is 4.21. The molecular formula is C6H12O9S. The predicted molar refractivity (Wildman–Crippen MR) is 46.4 cm³/mol. The first-order chi connectivity index (χ1) is 7.82. The van der Waals surface area contributed by atoms with Gasteiger partial charge in [0.1, 0.15) is 24.4 Å². The molecule has 5 N–H and O–H groups in total. The highest BCUT2D eigenvalue weighted by Gasteiger charge is 2.46. The molecule has 0 aromatic heterocycles. The van der Waals surface area contributed by atoms with Crippen molar-refractivity contribution in [1.29, 1.82) is 1.43 Å². The zero-order valence-electron chi connectivity index (χ0n) is 8.83. The van der Waals surface area contributed by atoms with E-state index in [9.17, 15) is 18.6 Å². The highest BCUT2D eigenvalue weighted by Crippen LogP contribution is 2.23. The lowest BCUT2D eigenvalue weighted by Gasteiger charge is -2.38. The fourth-order valence-electron chi connectivity index (χ4n) is 1.32. The molecule has 10 heteroatoms. The van der Waals surface area contributed by atoms with Crippen LogP contribution in [-0.4, -0.2) is 70.7 Å². The molecule has 1 rings (SSSR count). The number of hydrogen-bond donors (Lipinski definition) is 5. The van der Waals surface area contributed by atoms with Gasteiger partial charge in [-0.25, -0.2) is 4.18 Å². The third-order valence-electron chi connectivity index (χ3n) is 2.07. The van der Waals surface area contributed by atoms with Crippen LogP contribution in [0.3, 0.4) is 0 Å². The van der Waals surface area contributed by atoms with E-state index in [1.165, 1.54) is 0 Å². The number of ether oxygens (including phenoxy) is 1. The van der Waals surface area contributed by atoms with Crippen LogP contribution in [0, 0.1) is 0 Å². The zero-order chi connectivity index (χ0) is 13.2. The number of rotatable bonds is 4. The quantitative estimate of drug-likeness (QED) is 0.326. The van der Waals surface area contributed by atoms with Crippen molar-refractivity contribution >= 4 is 10.4 Å². The molecular weight excluding hydrogens is 248 g/mol. The summed E-state index contributed by atoms with van der Waals surface area (Å²) in [5.41, 5.74) is 0. The Kier molecular flexibility index (Phi) is 3.71. The summed E-state index contributed by atoms with van der Waals surface area (Å²) in [5, 5.41) is 36.7. The van der Waals surface area contributed by atoms with Gasteiger partial charge in [0.05, 0.1) is 6.61 Å². The molecule has 1 fully saturated rings. The van der Waals surface area contributed by atoms with Crippen LogP contribution in [0.5, 0.6) is 0 Å². The second-order valence-electron chi connectivity index (χ2n) is 3.20. The molecule has 0 bridgehead atoms. The molecule has 9 nitrogen and oxygen atoms in total. The van der Waals surface area contributed by atoms with Gasteiger partial charge >= 0.3 is 10.4 Å². The minimum atomic E-state index is -4.71. The van der Waals surface area contributed by atoms with E-state index in [1.807, 2.05) is 0 Å². The minimum absolute atomic E-state index is 0.779. The third kappa shape index (κ3) is 3.09. The van der Waals surface area contributed by atoms with Crippen LogP contribution in [0.25, 0.3) is 1.43 Å². The van der Waals surface area contributed by atoms with E-state index in [-0.39, 0.29) is 0 Å². The van der Waals surface area contributed by atoms with Crippen molar-refractivity contribution in [2.45, 2.75) is 30.7 Å². The SMILES string of the molecule is [2H]OS(=O)(=O)O[C@H]1[C@H](O)[C@@H](O)C(O)O[C@@H]1CO. The summed E-state index contributed by atoms with van der Waals surface area (Å²) in [5.74, 6) is 0. The van der Waals surface area contributed by atoms with Crippen LogP contribution in [0.1, 0.15) is 0 Å². The lowest BCUT2D eigenvalue weighted by Crippen LogP contribution is -2.59. The Labute approximate surface area is 92.3 Å². The summed E-state index contributed by atoms with van der Waals surface area (Å²) in [7, 11) is -4.71. The molecule has 96 valence electrons. The Morgan fingerprint density at radius 1 is 1.31 bits per heavy atom. The first kappa shape index (κ1) is 12.1. The van der Waals surface area contributed by atoms with Crippen LogP contribution in [0.4, 0.5) is 0 Å². The zero-order valence-corrected chi connectivity index (χ0v) is 8.65. The van der Waals surface area contributed by atoms with Crippen molar-refractivity contribution in [3.8, 4) is 0 Å². The molecule has 0 aromatic rings. The first-order valence-electron chi connectivity index (χ1n) is 4.61. The van der Waals surface area contributed by atoms with Gasteiger partial charge in [-0.15, -0.1) is 0 Å². The van der Waals surface area contributed by atoms with E-state index in [0.29, 0.717) is 0 Å². The number of aliphatic hydroxyl groups is 4. The second kappa shape index (κ2) is 4.89. The molecule has 0 amide bonds. The first-order valence-corrected chi connectivity index (χ1v) is 5.54. The van der Waals surface area contributed by atoms with Gasteiger partial charge in [-0.05, 0) is 0 Å². The third-order valence-corrected chi connectivity index (χ3v) is 2.53. The molecule has 0 radical (unpaired) electrons. The summed E-state index contributed by atoms with van der Waals surface area (Å²) in [6.45, 7) is -0.779. The number of hydrogen-bond acceptors (Lipinski definition) is 9. The Morgan fingerprint density at radius 3 is 2.44 bits per heavy atom. The van der Waals surface area contributed by atoms with Crippen molar-refractivity contribution < 1.29 is 42.3 Å².